The van der Waals surface area contributed by atoms with Crippen LogP contribution in [-0.4, -0.2) is 54.3 Å². The van der Waals surface area contributed by atoms with Crippen LogP contribution in [0.25, 0.3) is 0 Å². The smallest absolute Gasteiger partial charge is 0.240 e. The van der Waals surface area contributed by atoms with Crippen molar-refractivity contribution in [1.82, 2.24) is 15.4 Å². The normalized spacial score (nSPS) is 12.2. The van der Waals surface area contributed by atoms with Crippen molar-refractivity contribution < 1.29 is 13.2 Å². The molecule has 0 aliphatic heterocycles. The number of guanidine groups is 1. The van der Waals surface area contributed by atoms with Crippen molar-refractivity contribution in [2.45, 2.75) is 31.1 Å². The minimum atomic E-state index is -3.46. The van der Waals surface area contributed by atoms with Crippen LogP contribution in [0, 0.1) is 0 Å². The molecule has 0 aliphatic carbocycles. The maximum Gasteiger partial charge on any atom is 0.240 e. The SMILES string of the molecule is CCCCOCCCNC(=NC)NCCNS(=O)(=O)c1ccccc1. The summed E-state index contributed by atoms with van der Waals surface area (Å²) in [6.45, 7) is 5.14. The van der Waals surface area contributed by atoms with Gasteiger partial charge in [-0.2, -0.15) is 0 Å². The van der Waals surface area contributed by atoms with Gasteiger partial charge in [-0.1, -0.05) is 31.5 Å². The number of hydrogen-bond acceptors (Lipinski definition) is 4. The second-order valence-electron chi connectivity index (χ2n) is 5.46. The predicted octanol–water partition coefficient (Wildman–Crippen LogP) is 1.34. The number of aliphatic imine (C=N–C) groups is 1. The molecule has 3 N–H and O–H groups in total. The third-order valence-corrected chi connectivity index (χ3v) is 4.86. The summed E-state index contributed by atoms with van der Waals surface area (Å²) in [6.07, 6.45) is 3.13. The van der Waals surface area contributed by atoms with Gasteiger partial charge in [0, 0.05) is 39.9 Å². The first-order valence-electron chi connectivity index (χ1n) is 8.67. The molecule has 142 valence electrons. The van der Waals surface area contributed by atoms with Crippen LogP contribution in [0.15, 0.2) is 40.2 Å². The highest BCUT2D eigenvalue weighted by molar-refractivity contribution is 7.89. The number of nitrogens with zero attached hydrogens (tertiary/aromatic N) is 1. The van der Waals surface area contributed by atoms with Crippen LogP contribution in [0.3, 0.4) is 0 Å². The van der Waals surface area contributed by atoms with Gasteiger partial charge in [-0.3, -0.25) is 4.99 Å². The first-order chi connectivity index (χ1) is 12.1. The maximum absolute atomic E-state index is 12.1. The van der Waals surface area contributed by atoms with Crippen LogP contribution in [0.1, 0.15) is 26.2 Å². The number of unbranched alkanes of at least 4 members (excludes halogenated alkanes) is 1. The molecule has 1 aromatic carbocycles. The highest BCUT2D eigenvalue weighted by atomic mass is 32.2. The molecule has 7 nitrogen and oxygen atoms in total. The van der Waals surface area contributed by atoms with Gasteiger partial charge in [0.2, 0.25) is 10.0 Å². The van der Waals surface area contributed by atoms with Crippen molar-refractivity contribution in [3.05, 3.63) is 30.3 Å². The van der Waals surface area contributed by atoms with E-state index >= 15 is 0 Å². The second-order valence-corrected chi connectivity index (χ2v) is 7.22. The number of sulfonamides is 1. The minimum absolute atomic E-state index is 0.264. The van der Waals surface area contributed by atoms with Gasteiger partial charge in [0.05, 0.1) is 4.90 Å². The lowest BCUT2D eigenvalue weighted by Crippen LogP contribution is -2.41. The Morgan fingerprint density at radius 1 is 1.04 bits per heavy atom. The van der Waals surface area contributed by atoms with E-state index in [-0.39, 0.29) is 11.4 Å². The Labute approximate surface area is 151 Å². The third-order valence-electron chi connectivity index (χ3n) is 3.39. The Morgan fingerprint density at radius 3 is 2.40 bits per heavy atom. The molecule has 1 rings (SSSR count). The molecule has 1 aromatic rings. The summed E-state index contributed by atoms with van der Waals surface area (Å²) in [6, 6.07) is 8.32. The van der Waals surface area contributed by atoms with E-state index in [1.54, 1.807) is 37.4 Å². The van der Waals surface area contributed by atoms with Gasteiger partial charge >= 0.3 is 0 Å². The number of hydrogen-bond donors (Lipinski definition) is 3. The molecular formula is C17H30N4O3S. The van der Waals surface area contributed by atoms with Crippen molar-refractivity contribution in [3.63, 3.8) is 0 Å². The average Bonchev–Trinajstić information content (AvgIpc) is 2.63. The Balaban J connectivity index is 2.17. The number of benzene rings is 1. The van der Waals surface area contributed by atoms with Crippen molar-refractivity contribution in [3.8, 4) is 0 Å². The lowest BCUT2D eigenvalue weighted by atomic mass is 10.4. The average molecular weight is 371 g/mol. The van der Waals surface area contributed by atoms with Crippen LogP contribution < -0.4 is 15.4 Å². The van der Waals surface area contributed by atoms with Crippen LogP contribution in [0.4, 0.5) is 0 Å². The predicted molar refractivity (Wildman–Crippen MR) is 101 cm³/mol. The van der Waals surface area contributed by atoms with E-state index in [4.69, 9.17) is 4.74 Å². The zero-order valence-electron chi connectivity index (χ0n) is 15.1. The largest absolute Gasteiger partial charge is 0.381 e. The van der Waals surface area contributed by atoms with Crippen molar-refractivity contribution in [1.29, 1.82) is 0 Å². The molecule has 0 fully saturated rings. The fraction of sp³-hybridized carbons (Fsp3) is 0.588. The van der Waals surface area contributed by atoms with Crippen molar-refractivity contribution in [2.24, 2.45) is 4.99 Å². The van der Waals surface area contributed by atoms with Crippen molar-refractivity contribution in [2.75, 3.05) is 39.9 Å². The topological polar surface area (TPSA) is 91.8 Å². The summed E-state index contributed by atoms with van der Waals surface area (Å²) < 4.78 is 32.2. The van der Waals surface area contributed by atoms with E-state index in [1.807, 2.05) is 0 Å². The van der Waals surface area contributed by atoms with Crippen LogP contribution >= 0.6 is 0 Å². The van der Waals surface area contributed by atoms with Gasteiger partial charge in [0.25, 0.3) is 0 Å². The summed E-state index contributed by atoms with van der Waals surface area (Å²) in [7, 11) is -1.78. The molecule has 0 saturated heterocycles. The molecule has 0 unspecified atom stereocenters. The minimum Gasteiger partial charge on any atom is -0.381 e. The van der Waals surface area contributed by atoms with Gasteiger partial charge in [-0.25, -0.2) is 13.1 Å². The summed E-state index contributed by atoms with van der Waals surface area (Å²) >= 11 is 0. The summed E-state index contributed by atoms with van der Waals surface area (Å²) in [4.78, 5) is 4.37. The fourth-order valence-corrected chi connectivity index (χ4v) is 3.05. The molecule has 0 spiro atoms. The van der Waals surface area contributed by atoms with Gasteiger partial charge in [-0.05, 0) is 25.0 Å². The highest BCUT2D eigenvalue weighted by Gasteiger charge is 2.11. The van der Waals surface area contributed by atoms with Crippen molar-refractivity contribution >= 4 is 16.0 Å². The maximum atomic E-state index is 12.1. The fourth-order valence-electron chi connectivity index (χ4n) is 2.00. The van der Waals surface area contributed by atoms with Crippen LogP contribution in [0.5, 0.6) is 0 Å². The van der Waals surface area contributed by atoms with E-state index in [0.717, 1.165) is 39.0 Å². The summed E-state index contributed by atoms with van der Waals surface area (Å²) in [5, 5.41) is 6.25. The van der Waals surface area contributed by atoms with Gasteiger partial charge in [0.1, 0.15) is 0 Å². The van der Waals surface area contributed by atoms with E-state index in [0.29, 0.717) is 12.5 Å². The number of rotatable bonds is 12. The molecular weight excluding hydrogens is 340 g/mol. The number of nitrogens with one attached hydrogen (secondary N) is 3. The summed E-state index contributed by atoms with van der Waals surface area (Å²) in [5.74, 6) is 0.646. The molecule has 0 aromatic heterocycles. The molecule has 0 aliphatic rings. The van der Waals surface area contributed by atoms with Gasteiger partial charge < -0.3 is 15.4 Å². The standard InChI is InChI=1S/C17H30N4O3S/c1-3-4-14-24-15-8-11-19-17(18-2)20-12-13-21-25(22,23)16-9-6-5-7-10-16/h5-7,9-10,21H,3-4,8,11-15H2,1-2H3,(H2,18,19,20). The Hall–Kier alpha value is -1.64. The molecule has 0 amide bonds. The lowest BCUT2D eigenvalue weighted by molar-refractivity contribution is 0.129. The van der Waals surface area contributed by atoms with Crippen LogP contribution in [-0.2, 0) is 14.8 Å². The molecule has 25 heavy (non-hydrogen) atoms. The quantitative estimate of drug-likeness (QED) is 0.293. The first-order valence-corrected chi connectivity index (χ1v) is 10.2. The highest BCUT2D eigenvalue weighted by Crippen LogP contribution is 2.06. The second kappa shape index (κ2) is 12.7. The Bertz CT molecular complexity index is 591. The van der Waals surface area contributed by atoms with E-state index in [9.17, 15) is 8.42 Å². The monoisotopic (exact) mass is 370 g/mol. The summed E-state index contributed by atoms with van der Waals surface area (Å²) in [5.41, 5.74) is 0. The van der Waals surface area contributed by atoms with E-state index in [1.165, 1.54) is 0 Å². The molecule has 0 radical (unpaired) electrons. The zero-order chi connectivity index (χ0) is 18.4. The van der Waals surface area contributed by atoms with Gasteiger partial charge in [-0.15, -0.1) is 0 Å². The van der Waals surface area contributed by atoms with E-state index < -0.39 is 10.0 Å². The van der Waals surface area contributed by atoms with E-state index in [2.05, 4.69) is 27.3 Å². The Kier molecular flexibility index (Phi) is 10.9. The molecule has 0 bridgehead atoms. The third kappa shape index (κ3) is 9.42. The molecule has 0 saturated carbocycles. The van der Waals surface area contributed by atoms with Crippen LogP contribution in [0.2, 0.25) is 0 Å². The molecule has 8 heteroatoms. The zero-order valence-corrected chi connectivity index (χ0v) is 15.9. The first kappa shape index (κ1) is 21.4. The lowest BCUT2D eigenvalue weighted by Gasteiger charge is -2.12. The molecule has 0 heterocycles. The van der Waals surface area contributed by atoms with Gasteiger partial charge in [0.15, 0.2) is 5.96 Å². The number of ether oxygens (including phenoxy) is 1. The molecule has 0 atom stereocenters. The Morgan fingerprint density at radius 2 is 1.72 bits per heavy atom.